The number of hydrogen-bond donors (Lipinski definition) is 1. The second-order valence-electron chi connectivity index (χ2n) is 9.90. The van der Waals surface area contributed by atoms with E-state index in [0.29, 0.717) is 44.8 Å². The average Bonchev–Trinajstić information content (AvgIpc) is 3.52. The van der Waals surface area contributed by atoms with Crippen LogP contribution in [0.2, 0.25) is 15.1 Å². The summed E-state index contributed by atoms with van der Waals surface area (Å²) in [7, 11) is 1.92. The number of carbonyl (C=O) groups excluding carboxylic acids is 2. The molecule has 1 aliphatic heterocycles. The van der Waals surface area contributed by atoms with Crippen molar-refractivity contribution >= 4 is 46.6 Å². The molecule has 9 nitrogen and oxygen atoms in total. The monoisotopic (exact) mass is 599 g/mol. The fourth-order valence-electron chi connectivity index (χ4n) is 5.00. The number of amides is 2. The van der Waals surface area contributed by atoms with Crippen molar-refractivity contribution in [3.8, 4) is 11.3 Å². The standard InChI is InChI=1S/C28H28Cl3N7O2/c1-16-26(17(2)36(3)34-16)25-15-38(35-33-25)21-7-9-37(10-8-21)28(40)19-6-4-5-18(11-19)27(39)32-14-20-12-23(30)24(31)13-22(20)29/h4-6,11-13,15,21H,7-10,14H2,1-3H3,(H,32,39). The zero-order chi connectivity index (χ0) is 28.6. The maximum atomic E-state index is 13.3. The Bertz CT molecular complexity index is 1590. The lowest BCUT2D eigenvalue weighted by Crippen LogP contribution is -2.39. The van der Waals surface area contributed by atoms with Crippen LogP contribution in [0.25, 0.3) is 11.3 Å². The number of aryl methyl sites for hydroxylation is 2. The summed E-state index contributed by atoms with van der Waals surface area (Å²) in [6.07, 6.45) is 3.47. The topological polar surface area (TPSA) is 97.9 Å². The number of benzene rings is 2. The average molecular weight is 601 g/mol. The van der Waals surface area contributed by atoms with Gasteiger partial charge in [-0.05, 0) is 62.6 Å². The Morgan fingerprint density at radius 2 is 1.70 bits per heavy atom. The summed E-state index contributed by atoms with van der Waals surface area (Å²) < 4.78 is 3.74. The summed E-state index contributed by atoms with van der Waals surface area (Å²) in [6.45, 7) is 5.31. The van der Waals surface area contributed by atoms with Crippen LogP contribution in [0.5, 0.6) is 0 Å². The summed E-state index contributed by atoms with van der Waals surface area (Å²) in [4.78, 5) is 27.9. The smallest absolute Gasteiger partial charge is 0.253 e. The third kappa shape index (κ3) is 5.73. The number of rotatable bonds is 6. The summed E-state index contributed by atoms with van der Waals surface area (Å²) in [5.41, 5.74) is 5.26. The van der Waals surface area contributed by atoms with Gasteiger partial charge in [-0.3, -0.25) is 14.3 Å². The molecule has 0 aliphatic carbocycles. The number of aromatic nitrogens is 5. The molecule has 1 N–H and O–H groups in total. The Morgan fingerprint density at radius 1 is 1.00 bits per heavy atom. The highest BCUT2D eigenvalue weighted by molar-refractivity contribution is 6.43. The van der Waals surface area contributed by atoms with Crippen molar-refractivity contribution in [3.05, 3.63) is 85.7 Å². The highest BCUT2D eigenvalue weighted by atomic mass is 35.5. The molecule has 2 amide bonds. The molecule has 12 heteroatoms. The molecule has 0 saturated carbocycles. The van der Waals surface area contributed by atoms with Gasteiger partial charge in [0, 0.05) is 54.1 Å². The van der Waals surface area contributed by atoms with Crippen molar-refractivity contribution in [3.63, 3.8) is 0 Å². The zero-order valence-corrected chi connectivity index (χ0v) is 24.6. The van der Waals surface area contributed by atoms with Gasteiger partial charge in [0.25, 0.3) is 11.8 Å². The first kappa shape index (κ1) is 28.1. The molecule has 2 aromatic heterocycles. The van der Waals surface area contributed by atoms with Gasteiger partial charge in [0.2, 0.25) is 0 Å². The van der Waals surface area contributed by atoms with Crippen molar-refractivity contribution in [1.82, 2.24) is 35.0 Å². The van der Waals surface area contributed by atoms with Gasteiger partial charge in [-0.25, -0.2) is 4.68 Å². The number of halogens is 3. The molecule has 208 valence electrons. The number of carbonyl (C=O) groups is 2. The second kappa shape index (κ2) is 11.6. The van der Waals surface area contributed by atoms with Crippen LogP contribution in [-0.4, -0.2) is 54.6 Å². The van der Waals surface area contributed by atoms with Crippen molar-refractivity contribution in [2.75, 3.05) is 13.1 Å². The van der Waals surface area contributed by atoms with E-state index in [4.69, 9.17) is 34.8 Å². The van der Waals surface area contributed by atoms with Gasteiger partial charge in [-0.15, -0.1) is 5.10 Å². The second-order valence-corrected chi connectivity index (χ2v) is 11.1. The fourth-order valence-corrected chi connectivity index (χ4v) is 5.64. The minimum Gasteiger partial charge on any atom is -0.348 e. The van der Waals surface area contributed by atoms with Crippen molar-refractivity contribution in [2.24, 2.45) is 7.05 Å². The van der Waals surface area contributed by atoms with Crippen LogP contribution < -0.4 is 5.32 Å². The predicted molar refractivity (Wildman–Crippen MR) is 155 cm³/mol. The Labute approximate surface area is 247 Å². The van der Waals surface area contributed by atoms with E-state index in [1.165, 1.54) is 0 Å². The molecule has 2 aromatic carbocycles. The molecule has 1 aliphatic rings. The first-order chi connectivity index (χ1) is 19.1. The number of nitrogens with zero attached hydrogens (tertiary/aromatic N) is 6. The first-order valence-corrected chi connectivity index (χ1v) is 14.0. The van der Waals surface area contributed by atoms with Crippen LogP contribution in [0.3, 0.4) is 0 Å². The Morgan fingerprint density at radius 3 is 2.40 bits per heavy atom. The van der Waals surface area contributed by atoms with Crippen LogP contribution >= 0.6 is 34.8 Å². The van der Waals surface area contributed by atoms with E-state index in [9.17, 15) is 9.59 Å². The van der Waals surface area contributed by atoms with Gasteiger partial charge in [-0.2, -0.15) is 5.10 Å². The lowest BCUT2D eigenvalue weighted by Gasteiger charge is -2.32. The molecule has 3 heterocycles. The predicted octanol–water partition coefficient (Wildman–Crippen LogP) is 5.66. The van der Waals surface area contributed by atoms with Gasteiger partial charge >= 0.3 is 0 Å². The number of hydrogen-bond acceptors (Lipinski definition) is 5. The molecule has 4 aromatic rings. The van der Waals surface area contributed by atoms with Gasteiger partial charge in [0.05, 0.1) is 28.0 Å². The SMILES string of the molecule is Cc1nn(C)c(C)c1-c1cn(C2CCN(C(=O)c3cccc(C(=O)NCc4cc(Cl)c(Cl)cc4Cl)c3)CC2)nn1. The number of likely N-dealkylation sites (tertiary alicyclic amines) is 1. The summed E-state index contributed by atoms with van der Waals surface area (Å²) >= 11 is 18.3. The molecule has 1 fully saturated rings. The van der Waals surface area contributed by atoms with Crippen LogP contribution in [0.4, 0.5) is 0 Å². The minimum absolute atomic E-state index is 0.110. The van der Waals surface area contributed by atoms with Crippen molar-refractivity contribution < 1.29 is 9.59 Å². The molecule has 0 bridgehead atoms. The van der Waals surface area contributed by atoms with E-state index in [-0.39, 0.29) is 24.4 Å². The molecule has 0 spiro atoms. The molecule has 1 saturated heterocycles. The number of nitrogens with one attached hydrogen (secondary N) is 1. The van der Waals surface area contributed by atoms with Crippen LogP contribution in [0.15, 0.2) is 42.6 Å². The normalized spacial score (nSPS) is 14.0. The summed E-state index contributed by atoms with van der Waals surface area (Å²) in [5.74, 6) is -0.432. The Balaban J connectivity index is 1.20. The van der Waals surface area contributed by atoms with Gasteiger partial charge in [0.15, 0.2) is 0 Å². The summed E-state index contributed by atoms with van der Waals surface area (Å²) in [6, 6.07) is 10.0. The molecule has 5 rings (SSSR count). The van der Waals surface area contributed by atoms with E-state index in [0.717, 1.165) is 35.5 Å². The van der Waals surface area contributed by atoms with E-state index < -0.39 is 0 Å². The molecule has 0 unspecified atom stereocenters. The molecule has 40 heavy (non-hydrogen) atoms. The Kier molecular flexibility index (Phi) is 8.16. The van der Waals surface area contributed by atoms with E-state index >= 15 is 0 Å². The van der Waals surface area contributed by atoms with Crippen LogP contribution in [-0.2, 0) is 13.6 Å². The molecular weight excluding hydrogens is 573 g/mol. The van der Waals surface area contributed by atoms with Crippen molar-refractivity contribution in [1.29, 1.82) is 0 Å². The first-order valence-electron chi connectivity index (χ1n) is 12.9. The quantitative estimate of drug-likeness (QED) is 0.288. The van der Waals surface area contributed by atoms with Crippen molar-refractivity contribution in [2.45, 2.75) is 39.3 Å². The minimum atomic E-state index is -0.323. The van der Waals surface area contributed by atoms with Gasteiger partial charge in [-0.1, -0.05) is 46.1 Å². The van der Waals surface area contributed by atoms with E-state index in [1.807, 2.05) is 41.4 Å². The molecule has 0 radical (unpaired) electrons. The molecule has 0 atom stereocenters. The maximum Gasteiger partial charge on any atom is 0.253 e. The zero-order valence-electron chi connectivity index (χ0n) is 22.3. The fraction of sp³-hybridized carbons (Fsp3) is 0.321. The summed E-state index contributed by atoms with van der Waals surface area (Å²) in [5, 5.41) is 17.2. The lowest BCUT2D eigenvalue weighted by molar-refractivity contribution is 0.0689. The largest absolute Gasteiger partial charge is 0.348 e. The third-order valence-electron chi connectivity index (χ3n) is 7.30. The van der Waals surface area contributed by atoms with Gasteiger partial charge < -0.3 is 10.2 Å². The van der Waals surface area contributed by atoms with E-state index in [2.05, 4.69) is 20.7 Å². The number of piperidine rings is 1. The highest BCUT2D eigenvalue weighted by Gasteiger charge is 2.26. The maximum absolute atomic E-state index is 13.3. The van der Waals surface area contributed by atoms with E-state index in [1.54, 1.807) is 36.4 Å². The molecular formula is C28H28Cl3N7O2. The highest BCUT2D eigenvalue weighted by Crippen LogP contribution is 2.30. The Hall–Kier alpha value is -3.40. The third-order valence-corrected chi connectivity index (χ3v) is 8.38. The lowest BCUT2D eigenvalue weighted by atomic mass is 10.0. The van der Waals surface area contributed by atoms with Crippen LogP contribution in [0, 0.1) is 13.8 Å². The van der Waals surface area contributed by atoms with Gasteiger partial charge in [0.1, 0.15) is 5.69 Å². The van der Waals surface area contributed by atoms with Crippen LogP contribution in [0.1, 0.15) is 56.6 Å².